The predicted molar refractivity (Wildman–Crippen MR) is 116 cm³/mol. The number of methoxy groups -OCH3 is 1. The number of rotatable bonds is 5. The summed E-state index contributed by atoms with van der Waals surface area (Å²) in [5.74, 6) is 1.43. The molecule has 0 bridgehead atoms. The zero-order chi connectivity index (χ0) is 20.8. The standard InChI is InChI=1S/C23H31N3O3/c1-5-24-23(25-14-18-7-6-8-20(28-4)22(18)27)26-11-12-29-21(15-26)19-10-9-16(2)13-17(19)3/h6-10,13,21,27H,5,11-12,14-15H2,1-4H3,(H,24,25). The number of phenolic OH excluding ortho intramolecular Hbond substituents is 1. The van der Waals surface area contributed by atoms with Gasteiger partial charge in [0, 0.05) is 18.7 Å². The molecule has 2 aromatic carbocycles. The van der Waals surface area contributed by atoms with Gasteiger partial charge in [-0.15, -0.1) is 0 Å². The number of nitrogens with zero attached hydrogens (tertiary/aromatic N) is 2. The second kappa shape index (κ2) is 9.65. The number of phenols is 1. The lowest BCUT2D eigenvalue weighted by atomic mass is 10.00. The molecule has 156 valence electrons. The van der Waals surface area contributed by atoms with Gasteiger partial charge in [-0.25, -0.2) is 4.99 Å². The molecular weight excluding hydrogens is 366 g/mol. The second-order valence-electron chi connectivity index (χ2n) is 7.30. The molecule has 6 nitrogen and oxygen atoms in total. The number of para-hydroxylation sites is 1. The van der Waals surface area contributed by atoms with Crippen molar-refractivity contribution in [1.82, 2.24) is 10.2 Å². The molecule has 0 aromatic heterocycles. The van der Waals surface area contributed by atoms with E-state index >= 15 is 0 Å². The van der Waals surface area contributed by atoms with Crippen LogP contribution in [0.25, 0.3) is 0 Å². The first kappa shape index (κ1) is 21.0. The van der Waals surface area contributed by atoms with Crippen LogP contribution in [0.3, 0.4) is 0 Å². The van der Waals surface area contributed by atoms with E-state index in [9.17, 15) is 5.11 Å². The highest BCUT2D eigenvalue weighted by atomic mass is 16.5. The van der Waals surface area contributed by atoms with Gasteiger partial charge in [0.1, 0.15) is 6.10 Å². The summed E-state index contributed by atoms with van der Waals surface area (Å²) in [5.41, 5.74) is 4.47. The molecule has 2 N–H and O–H groups in total. The molecule has 1 aliphatic heterocycles. The van der Waals surface area contributed by atoms with Crippen molar-refractivity contribution in [3.05, 3.63) is 58.7 Å². The zero-order valence-electron chi connectivity index (χ0n) is 17.7. The minimum absolute atomic E-state index is 0.0124. The predicted octanol–water partition coefficient (Wildman–Crippen LogP) is 3.56. The van der Waals surface area contributed by atoms with E-state index < -0.39 is 0 Å². The Balaban J connectivity index is 1.78. The first-order chi connectivity index (χ1) is 14.0. The summed E-state index contributed by atoms with van der Waals surface area (Å²) in [5, 5.41) is 13.7. The summed E-state index contributed by atoms with van der Waals surface area (Å²) in [6.45, 7) is 9.60. The van der Waals surface area contributed by atoms with Crippen LogP contribution in [0.4, 0.5) is 0 Å². The lowest BCUT2D eigenvalue weighted by molar-refractivity contribution is -0.00834. The maximum absolute atomic E-state index is 10.3. The molecule has 1 saturated heterocycles. The lowest BCUT2D eigenvalue weighted by Crippen LogP contribution is -2.48. The fourth-order valence-corrected chi connectivity index (χ4v) is 3.66. The number of aryl methyl sites for hydroxylation is 2. The Morgan fingerprint density at radius 1 is 1.31 bits per heavy atom. The Morgan fingerprint density at radius 3 is 2.86 bits per heavy atom. The van der Waals surface area contributed by atoms with E-state index in [-0.39, 0.29) is 11.9 Å². The summed E-state index contributed by atoms with van der Waals surface area (Å²) >= 11 is 0. The van der Waals surface area contributed by atoms with Crippen LogP contribution in [0.5, 0.6) is 11.5 Å². The number of benzene rings is 2. The van der Waals surface area contributed by atoms with Crippen molar-refractivity contribution < 1.29 is 14.6 Å². The van der Waals surface area contributed by atoms with Gasteiger partial charge in [0.2, 0.25) is 0 Å². The Kier molecular flexibility index (Phi) is 6.99. The molecule has 1 unspecified atom stereocenters. The number of guanidine groups is 1. The molecular formula is C23H31N3O3. The molecule has 0 aliphatic carbocycles. The third-order valence-corrected chi connectivity index (χ3v) is 5.17. The van der Waals surface area contributed by atoms with E-state index in [0.29, 0.717) is 18.9 Å². The highest BCUT2D eigenvalue weighted by Crippen LogP contribution is 2.30. The lowest BCUT2D eigenvalue weighted by Gasteiger charge is -2.36. The number of hydrogen-bond donors (Lipinski definition) is 2. The Bertz CT molecular complexity index is 866. The van der Waals surface area contributed by atoms with Crippen LogP contribution in [0.15, 0.2) is 41.4 Å². The van der Waals surface area contributed by atoms with Crippen LogP contribution >= 0.6 is 0 Å². The number of nitrogens with one attached hydrogen (secondary N) is 1. The van der Waals surface area contributed by atoms with Gasteiger partial charge in [-0.2, -0.15) is 0 Å². The van der Waals surface area contributed by atoms with Crippen molar-refractivity contribution >= 4 is 5.96 Å². The Morgan fingerprint density at radius 2 is 2.14 bits per heavy atom. The van der Waals surface area contributed by atoms with Gasteiger partial charge in [-0.3, -0.25) is 0 Å². The topological polar surface area (TPSA) is 66.3 Å². The van der Waals surface area contributed by atoms with E-state index in [1.807, 2.05) is 12.1 Å². The molecule has 0 saturated carbocycles. The van der Waals surface area contributed by atoms with Gasteiger partial charge in [-0.1, -0.05) is 35.9 Å². The van der Waals surface area contributed by atoms with Crippen molar-refractivity contribution in [1.29, 1.82) is 0 Å². The summed E-state index contributed by atoms with van der Waals surface area (Å²) in [7, 11) is 1.55. The largest absolute Gasteiger partial charge is 0.504 e. The molecule has 1 fully saturated rings. The molecule has 3 rings (SSSR count). The number of hydrogen-bond acceptors (Lipinski definition) is 4. The molecule has 0 radical (unpaired) electrons. The second-order valence-corrected chi connectivity index (χ2v) is 7.30. The summed E-state index contributed by atoms with van der Waals surface area (Å²) in [6, 6.07) is 12.0. The van der Waals surface area contributed by atoms with Gasteiger partial charge >= 0.3 is 0 Å². The maximum atomic E-state index is 10.3. The average molecular weight is 398 g/mol. The molecule has 1 atom stereocenters. The van der Waals surface area contributed by atoms with Gasteiger partial charge in [0.15, 0.2) is 17.5 Å². The number of aliphatic imine (C=N–C) groups is 1. The number of morpholine rings is 1. The minimum atomic E-state index is 0.0124. The van der Waals surface area contributed by atoms with Crippen molar-refractivity contribution in [3.63, 3.8) is 0 Å². The fourth-order valence-electron chi connectivity index (χ4n) is 3.66. The molecule has 1 heterocycles. The van der Waals surface area contributed by atoms with Crippen LogP contribution in [-0.4, -0.2) is 49.3 Å². The van der Waals surface area contributed by atoms with Gasteiger partial charge in [-0.05, 0) is 38.0 Å². The number of ether oxygens (including phenoxy) is 2. The molecule has 6 heteroatoms. The van der Waals surface area contributed by atoms with Crippen LogP contribution in [0.1, 0.15) is 35.3 Å². The monoisotopic (exact) mass is 397 g/mol. The SMILES string of the molecule is CCNC(=NCc1cccc(OC)c1O)N1CCOC(c2ccc(C)cc2C)C1. The van der Waals surface area contributed by atoms with E-state index in [4.69, 9.17) is 14.5 Å². The van der Waals surface area contributed by atoms with E-state index in [1.54, 1.807) is 13.2 Å². The van der Waals surface area contributed by atoms with Crippen molar-refractivity contribution in [2.24, 2.45) is 4.99 Å². The first-order valence-electron chi connectivity index (χ1n) is 10.1. The normalized spacial score (nSPS) is 17.3. The smallest absolute Gasteiger partial charge is 0.194 e. The molecule has 2 aromatic rings. The minimum Gasteiger partial charge on any atom is -0.504 e. The van der Waals surface area contributed by atoms with Crippen molar-refractivity contribution in [2.45, 2.75) is 33.4 Å². The van der Waals surface area contributed by atoms with Gasteiger partial charge < -0.3 is 24.8 Å². The van der Waals surface area contributed by atoms with Gasteiger partial charge in [0.25, 0.3) is 0 Å². The van der Waals surface area contributed by atoms with Gasteiger partial charge in [0.05, 0.1) is 26.8 Å². The summed E-state index contributed by atoms with van der Waals surface area (Å²) < 4.78 is 11.3. The maximum Gasteiger partial charge on any atom is 0.194 e. The van der Waals surface area contributed by atoms with E-state index in [0.717, 1.165) is 31.2 Å². The molecule has 1 aliphatic rings. The Labute approximate surface area is 173 Å². The first-order valence-corrected chi connectivity index (χ1v) is 10.1. The summed E-state index contributed by atoms with van der Waals surface area (Å²) in [6.07, 6.45) is 0.0124. The Hall–Kier alpha value is -2.73. The van der Waals surface area contributed by atoms with E-state index in [1.165, 1.54) is 16.7 Å². The zero-order valence-corrected chi connectivity index (χ0v) is 17.7. The van der Waals surface area contributed by atoms with Crippen LogP contribution in [-0.2, 0) is 11.3 Å². The highest BCUT2D eigenvalue weighted by Gasteiger charge is 2.25. The van der Waals surface area contributed by atoms with Crippen molar-refractivity contribution in [3.8, 4) is 11.5 Å². The highest BCUT2D eigenvalue weighted by molar-refractivity contribution is 5.80. The number of aromatic hydroxyl groups is 1. The molecule has 0 spiro atoms. The fraction of sp³-hybridized carbons (Fsp3) is 0.435. The molecule has 0 amide bonds. The third-order valence-electron chi connectivity index (χ3n) is 5.17. The quantitative estimate of drug-likeness (QED) is 0.597. The summed E-state index contributed by atoms with van der Waals surface area (Å²) in [4.78, 5) is 7.00. The van der Waals surface area contributed by atoms with E-state index in [2.05, 4.69) is 49.2 Å². The molecule has 29 heavy (non-hydrogen) atoms. The third kappa shape index (κ3) is 5.01. The van der Waals surface area contributed by atoms with Crippen LogP contribution in [0, 0.1) is 13.8 Å². The van der Waals surface area contributed by atoms with Crippen LogP contribution in [0.2, 0.25) is 0 Å². The average Bonchev–Trinajstić information content (AvgIpc) is 2.72. The van der Waals surface area contributed by atoms with Crippen LogP contribution < -0.4 is 10.1 Å². The van der Waals surface area contributed by atoms with Crippen molar-refractivity contribution in [2.75, 3.05) is 33.4 Å².